The smallest absolute Gasteiger partial charge is 0.185 e. The number of nitrogens with zero attached hydrogens (tertiary/aromatic N) is 1. The molecule has 0 atom stereocenters. The molecule has 4 heteroatoms. The highest BCUT2D eigenvalue weighted by atomic mass is 79.9. The lowest BCUT2D eigenvalue weighted by atomic mass is 10.1. The zero-order chi connectivity index (χ0) is 13.0. The van der Waals surface area contributed by atoms with Crippen molar-refractivity contribution in [3.05, 3.63) is 62.3 Å². The Hall–Kier alpha value is -1.70. The largest absolute Gasteiger partial charge is 0.289 e. The average Bonchev–Trinajstić information content (AvgIpc) is 2.82. The molecule has 0 aliphatic heterocycles. The molecule has 1 heterocycles. The van der Waals surface area contributed by atoms with Crippen LogP contribution in [0.1, 0.15) is 21.5 Å². The van der Waals surface area contributed by atoms with E-state index < -0.39 is 0 Å². The molecule has 0 saturated heterocycles. The number of nitriles is 1. The van der Waals surface area contributed by atoms with E-state index in [-0.39, 0.29) is 5.78 Å². The van der Waals surface area contributed by atoms with Crippen LogP contribution in [0.3, 0.4) is 0 Å². The number of hydrogen-bond donors (Lipinski definition) is 0. The number of ketones is 1. The summed E-state index contributed by atoms with van der Waals surface area (Å²) in [4.78, 5) is 11.8. The Kier molecular flexibility index (Phi) is 4.08. The third kappa shape index (κ3) is 3.16. The molecule has 0 N–H and O–H groups in total. The minimum atomic E-state index is -0.0678. The van der Waals surface area contributed by atoms with E-state index in [0.717, 1.165) is 9.35 Å². The van der Waals surface area contributed by atoms with E-state index in [0.29, 0.717) is 11.1 Å². The van der Waals surface area contributed by atoms with Crippen LogP contribution in [0.5, 0.6) is 0 Å². The van der Waals surface area contributed by atoms with Crippen LogP contribution < -0.4 is 0 Å². The molecule has 0 saturated carbocycles. The van der Waals surface area contributed by atoms with Crippen LogP contribution in [0.25, 0.3) is 6.08 Å². The van der Waals surface area contributed by atoms with Crippen LogP contribution in [0, 0.1) is 11.3 Å². The topological polar surface area (TPSA) is 40.9 Å². The van der Waals surface area contributed by atoms with Crippen molar-refractivity contribution in [3.63, 3.8) is 0 Å². The van der Waals surface area contributed by atoms with Gasteiger partial charge in [-0.3, -0.25) is 4.79 Å². The van der Waals surface area contributed by atoms with Crippen molar-refractivity contribution in [2.75, 3.05) is 0 Å². The first kappa shape index (κ1) is 12.7. The first-order valence-corrected chi connectivity index (χ1v) is 6.83. The SMILES string of the molecule is N#Cc1ccc(C(=O)/C=C/c2csc(Br)c2)cc1. The molecule has 0 aliphatic rings. The fraction of sp³-hybridized carbons (Fsp3) is 0. The van der Waals surface area contributed by atoms with Crippen molar-refractivity contribution >= 4 is 39.1 Å². The predicted molar refractivity (Wildman–Crippen MR) is 76.5 cm³/mol. The molecule has 0 unspecified atom stereocenters. The number of benzene rings is 1. The highest BCUT2D eigenvalue weighted by Crippen LogP contribution is 2.21. The Morgan fingerprint density at radius 3 is 2.61 bits per heavy atom. The zero-order valence-electron chi connectivity index (χ0n) is 9.26. The van der Waals surface area contributed by atoms with Crippen LogP contribution in [-0.2, 0) is 0 Å². The molecule has 2 rings (SSSR count). The summed E-state index contributed by atoms with van der Waals surface area (Å²) in [5, 5.41) is 10.6. The van der Waals surface area contributed by atoms with E-state index in [1.54, 1.807) is 41.7 Å². The molecule has 18 heavy (non-hydrogen) atoms. The fourth-order valence-corrected chi connectivity index (χ4v) is 2.53. The number of rotatable bonds is 3. The van der Waals surface area contributed by atoms with Gasteiger partial charge in [0.15, 0.2) is 5.78 Å². The maximum Gasteiger partial charge on any atom is 0.185 e. The summed E-state index contributed by atoms with van der Waals surface area (Å²) in [5.74, 6) is -0.0678. The molecule has 0 radical (unpaired) electrons. The summed E-state index contributed by atoms with van der Waals surface area (Å²) in [7, 11) is 0. The van der Waals surface area contributed by atoms with Gasteiger partial charge in [0.25, 0.3) is 0 Å². The summed E-state index contributed by atoms with van der Waals surface area (Å²) in [5.41, 5.74) is 2.13. The van der Waals surface area contributed by atoms with Crippen molar-refractivity contribution in [1.29, 1.82) is 5.26 Å². The van der Waals surface area contributed by atoms with Gasteiger partial charge in [0.05, 0.1) is 15.4 Å². The summed E-state index contributed by atoms with van der Waals surface area (Å²) < 4.78 is 1.04. The molecule has 0 fully saturated rings. The Morgan fingerprint density at radius 2 is 2.06 bits per heavy atom. The molecular weight excluding hydrogens is 310 g/mol. The lowest BCUT2D eigenvalue weighted by molar-refractivity contribution is 0.104. The van der Waals surface area contributed by atoms with Crippen molar-refractivity contribution in [2.45, 2.75) is 0 Å². The molecule has 0 amide bonds. The number of carbonyl (C=O) groups excluding carboxylic acids is 1. The van der Waals surface area contributed by atoms with Crippen molar-refractivity contribution in [1.82, 2.24) is 0 Å². The highest BCUT2D eigenvalue weighted by Gasteiger charge is 2.01. The van der Waals surface area contributed by atoms with Gasteiger partial charge in [-0.05, 0) is 63.3 Å². The number of carbonyl (C=O) groups is 1. The molecule has 1 aromatic carbocycles. The first-order valence-electron chi connectivity index (χ1n) is 5.15. The van der Waals surface area contributed by atoms with Crippen LogP contribution in [0.2, 0.25) is 0 Å². The van der Waals surface area contributed by atoms with Crippen molar-refractivity contribution in [2.24, 2.45) is 0 Å². The third-order valence-corrected chi connectivity index (χ3v) is 3.84. The average molecular weight is 318 g/mol. The molecule has 88 valence electrons. The monoisotopic (exact) mass is 317 g/mol. The second-order valence-corrected chi connectivity index (χ2v) is 5.86. The van der Waals surface area contributed by atoms with Gasteiger partial charge in [0.1, 0.15) is 0 Å². The molecular formula is C14H8BrNOS. The second kappa shape index (κ2) is 5.76. The van der Waals surface area contributed by atoms with Crippen LogP contribution >= 0.6 is 27.3 Å². The predicted octanol–water partition coefficient (Wildman–Crippen LogP) is 4.28. The lowest BCUT2D eigenvalue weighted by Gasteiger charge is -1.95. The minimum absolute atomic E-state index is 0.0678. The Morgan fingerprint density at radius 1 is 1.33 bits per heavy atom. The van der Waals surface area contributed by atoms with Gasteiger partial charge in [-0.2, -0.15) is 5.26 Å². The third-order valence-electron chi connectivity index (χ3n) is 2.31. The molecule has 2 nitrogen and oxygen atoms in total. The Labute approximate surface area is 117 Å². The number of allylic oxidation sites excluding steroid dienone is 1. The molecule has 0 aliphatic carbocycles. The van der Waals surface area contributed by atoms with Crippen LogP contribution in [0.15, 0.2) is 45.6 Å². The number of hydrogen-bond acceptors (Lipinski definition) is 3. The van der Waals surface area contributed by atoms with E-state index in [2.05, 4.69) is 15.9 Å². The summed E-state index contributed by atoms with van der Waals surface area (Å²) >= 11 is 4.94. The van der Waals surface area contributed by atoms with Gasteiger partial charge in [0.2, 0.25) is 0 Å². The normalized spacial score (nSPS) is 10.4. The van der Waals surface area contributed by atoms with E-state index in [1.807, 2.05) is 17.5 Å². The number of thiophene rings is 1. The van der Waals surface area contributed by atoms with E-state index in [4.69, 9.17) is 5.26 Å². The van der Waals surface area contributed by atoms with Crippen LogP contribution in [-0.4, -0.2) is 5.78 Å². The first-order chi connectivity index (χ1) is 8.69. The van der Waals surface area contributed by atoms with E-state index in [1.165, 1.54) is 6.08 Å². The Balaban J connectivity index is 2.12. The summed E-state index contributed by atoms with van der Waals surface area (Å²) in [6.07, 6.45) is 3.32. The Bertz CT molecular complexity index is 635. The second-order valence-electron chi connectivity index (χ2n) is 3.57. The van der Waals surface area contributed by atoms with Gasteiger partial charge >= 0.3 is 0 Å². The van der Waals surface area contributed by atoms with Crippen molar-refractivity contribution < 1.29 is 4.79 Å². The maximum absolute atomic E-state index is 11.8. The quantitative estimate of drug-likeness (QED) is 0.626. The zero-order valence-corrected chi connectivity index (χ0v) is 11.7. The van der Waals surface area contributed by atoms with Gasteiger partial charge in [-0.25, -0.2) is 0 Å². The van der Waals surface area contributed by atoms with Gasteiger partial charge in [-0.1, -0.05) is 6.08 Å². The fourth-order valence-electron chi connectivity index (χ4n) is 1.39. The van der Waals surface area contributed by atoms with Crippen LogP contribution in [0.4, 0.5) is 0 Å². The summed E-state index contributed by atoms with van der Waals surface area (Å²) in [6, 6.07) is 10.6. The van der Waals surface area contributed by atoms with Gasteiger partial charge in [-0.15, -0.1) is 11.3 Å². The molecule has 2 aromatic rings. The summed E-state index contributed by atoms with van der Waals surface area (Å²) in [6.45, 7) is 0. The standard InChI is InChI=1S/C14H8BrNOS/c15-14-7-11(9-18-14)3-6-13(17)12-4-1-10(8-16)2-5-12/h1-7,9H/b6-3+. The molecule has 0 bridgehead atoms. The van der Waals surface area contributed by atoms with E-state index in [9.17, 15) is 4.79 Å². The minimum Gasteiger partial charge on any atom is -0.289 e. The maximum atomic E-state index is 11.8. The molecule has 0 spiro atoms. The van der Waals surface area contributed by atoms with Gasteiger partial charge in [0, 0.05) is 5.56 Å². The highest BCUT2D eigenvalue weighted by molar-refractivity contribution is 9.11. The molecule has 1 aromatic heterocycles. The van der Waals surface area contributed by atoms with E-state index >= 15 is 0 Å². The van der Waals surface area contributed by atoms with Gasteiger partial charge < -0.3 is 0 Å². The van der Waals surface area contributed by atoms with Crippen molar-refractivity contribution in [3.8, 4) is 6.07 Å². The number of halogens is 1. The lowest BCUT2D eigenvalue weighted by Crippen LogP contribution is -1.93.